The zero-order valence-corrected chi connectivity index (χ0v) is 15.7. The predicted molar refractivity (Wildman–Crippen MR) is 104 cm³/mol. The molecule has 0 aromatic carbocycles. The number of aromatic nitrogens is 6. The quantitative estimate of drug-likeness (QED) is 0.540. The highest BCUT2D eigenvalue weighted by molar-refractivity contribution is 7.07. The van der Waals surface area contributed by atoms with Gasteiger partial charge in [0.1, 0.15) is 11.7 Å². The number of rotatable bonds is 6. The summed E-state index contributed by atoms with van der Waals surface area (Å²) < 4.78 is 1.87. The minimum absolute atomic E-state index is 0.377. The van der Waals surface area contributed by atoms with E-state index < -0.39 is 11.8 Å². The fourth-order valence-corrected chi connectivity index (χ4v) is 3.90. The Balaban J connectivity index is 1.67. The number of fused-ring (bicyclic) bond motifs is 1. The third-order valence-electron chi connectivity index (χ3n) is 4.92. The van der Waals surface area contributed by atoms with E-state index in [0.717, 1.165) is 35.5 Å². The molecule has 0 spiro atoms. The monoisotopic (exact) mass is 391 g/mol. The first kappa shape index (κ1) is 16.9. The molecular weight excluding hydrogens is 374 g/mol. The average Bonchev–Trinajstić information content (AvgIpc) is 3.27. The normalized spacial score (nSPS) is 15.0. The Morgan fingerprint density at radius 3 is 2.93 bits per heavy atom. The summed E-state index contributed by atoms with van der Waals surface area (Å²) in [6.07, 6.45) is 7.92. The van der Waals surface area contributed by atoms with Crippen molar-refractivity contribution in [3.63, 3.8) is 0 Å². The van der Waals surface area contributed by atoms with Crippen LogP contribution in [-0.2, 0) is 11.2 Å². The molecule has 0 radical (unpaired) electrons. The standard InChI is InChI=1S/C19H17N7OS/c20-17(27)14(6-13-9-28-10-22-13)18-24-25-19-16(11-3-4-11)23-15(8-26(18)19)12-2-1-5-21-7-12/h1-2,5,7-11,14H,3-4,6H2,(H2,20,27). The summed E-state index contributed by atoms with van der Waals surface area (Å²) in [6.45, 7) is 0. The Kier molecular flexibility index (Phi) is 4.09. The van der Waals surface area contributed by atoms with E-state index in [1.54, 1.807) is 17.9 Å². The van der Waals surface area contributed by atoms with Gasteiger partial charge in [-0.15, -0.1) is 21.5 Å². The van der Waals surface area contributed by atoms with Crippen LogP contribution < -0.4 is 5.73 Å². The second-order valence-electron chi connectivity index (χ2n) is 6.92. The second-order valence-corrected chi connectivity index (χ2v) is 7.64. The van der Waals surface area contributed by atoms with E-state index in [9.17, 15) is 4.79 Å². The summed E-state index contributed by atoms with van der Waals surface area (Å²) in [4.78, 5) is 25.6. The maximum absolute atomic E-state index is 12.2. The van der Waals surface area contributed by atoms with Crippen molar-refractivity contribution in [3.05, 3.63) is 58.8 Å². The van der Waals surface area contributed by atoms with Crippen LogP contribution in [0.25, 0.3) is 16.9 Å². The molecule has 1 fully saturated rings. The topological polar surface area (TPSA) is 112 Å². The van der Waals surface area contributed by atoms with Gasteiger partial charge in [-0.1, -0.05) is 0 Å². The second kappa shape index (κ2) is 6.75. The molecule has 1 aliphatic rings. The minimum Gasteiger partial charge on any atom is -0.369 e. The first-order valence-corrected chi connectivity index (χ1v) is 9.97. The SMILES string of the molecule is NC(=O)C(Cc1cscn1)c1nnc2c(C3CC3)nc(-c3cccnc3)cn12. The van der Waals surface area contributed by atoms with E-state index in [4.69, 9.17) is 10.7 Å². The smallest absolute Gasteiger partial charge is 0.228 e. The van der Waals surface area contributed by atoms with Gasteiger partial charge < -0.3 is 5.73 Å². The highest BCUT2D eigenvalue weighted by atomic mass is 32.1. The first-order chi connectivity index (χ1) is 13.7. The van der Waals surface area contributed by atoms with Gasteiger partial charge in [-0.2, -0.15) is 0 Å². The van der Waals surface area contributed by atoms with Crippen molar-refractivity contribution in [3.8, 4) is 11.3 Å². The fraction of sp³-hybridized carbons (Fsp3) is 0.263. The van der Waals surface area contributed by atoms with Crippen LogP contribution in [-0.4, -0.2) is 35.5 Å². The molecule has 2 N–H and O–H groups in total. The van der Waals surface area contributed by atoms with E-state index >= 15 is 0 Å². The van der Waals surface area contributed by atoms with Crippen molar-refractivity contribution in [1.29, 1.82) is 0 Å². The van der Waals surface area contributed by atoms with Gasteiger partial charge in [0.2, 0.25) is 5.91 Å². The summed E-state index contributed by atoms with van der Waals surface area (Å²) in [5.41, 5.74) is 11.6. The first-order valence-electron chi connectivity index (χ1n) is 9.03. The van der Waals surface area contributed by atoms with Crippen LogP contribution >= 0.6 is 11.3 Å². The molecule has 1 saturated carbocycles. The molecule has 4 aromatic rings. The number of primary amides is 1. The average molecular weight is 391 g/mol. The molecule has 0 aliphatic heterocycles. The van der Waals surface area contributed by atoms with Crippen LogP contribution in [0.3, 0.4) is 0 Å². The van der Waals surface area contributed by atoms with E-state index in [1.165, 1.54) is 11.3 Å². The third-order valence-corrected chi connectivity index (χ3v) is 5.55. The highest BCUT2D eigenvalue weighted by Crippen LogP contribution is 2.41. The molecule has 4 aromatic heterocycles. The zero-order valence-electron chi connectivity index (χ0n) is 14.9. The number of hydrogen-bond acceptors (Lipinski definition) is 7. The third kappa shape index (κ3) is 3.03. The molecule has 1 aliphatic carbocycles. The van der Waals surface area contributed by atoms with Gasteiger partial charge >= 0.3 is 0 Å². The molecule has 4 heterocycles. The lowest BCUT2D eigenvalue weighted by molar-refractivity contribution is -0.119. The van der Waals surface area contributed by atoms with Crippen LogP contribution in [0.5, 0.6) is 0 Å². The highest BCUT2D eigenvalue weighted by Gasteiger charge is 2.32. The van der Waals surface area contributed by atoms with Crippen molar-refractivity contribution in [2.24, 2.45) is 5.73 Å². The van der Waals surface area contributed by atoms with Crippen molar-refractivity contribution in [2.45, 2.75) is 31.1 Å². The lowest BCUT2D eigenvalue weighted by atomic mass is 10.0. The maximum Gasteiger partial charge on any atom is 0.228 e. The molecular formula is C19H17N7OS. The summed E-state index contributed by atoms with van der Waals surface area (Å²) in [5.74, 6) is -0.171. The number of amides is 1. The van der Waals surface area contributed by atoms with Gasteiger partial charge in [0.25, 0.3) is 0 Å². The fourth-order valence-electron chi connectivity index (χ4n) is 3.32. The van der Waals surface area contributed by atoms with E-state index in [2.05, 4.69) is 20.2 Å². The maximum atomic E-state index is 12.2. The van der Waals surface area contributed by atoms with Crippen molar-refractivity contribution < 1.29 is 4.79 Å². The number of hydrogen-bond donors (Lipinski definition) is 1. The van der Waals surface area contributed by atoms with Gasteiger partial charge in [0.15, 0.2) is 5.65 Å². The molecule has 9 heteroatoms. The number of thiazole rings is 1. The molecule has 8 nitrogen and oxygen atoms in total. The number of carbonyl (C=O) groups excluding carboxylic acids is 1. The van der Waals surface area contributed by atoms with Crippen molar-refractivity contribution >= 4 is 22.9 Å². The zero-order chi connectivity index (χ0) is 19.1. The lowest BCUT2D eigenvalue weighted by Crippen LogP contribution is -2.25. The number of nitrogens with two attached hydrogens (primary N) is 1. The summed E-state index contributed by atoms with van der Waals surface area (Å²) in [7, 11) is 0. The summed E-state index contributed by atoms with van der Waals surface area (Å²) >= 11 is 1.49. The van der Waals surface area contributed by atoms with Crippen LogP contribution in [0.15, 0.2) is 41.6 Å². The molecule has 0 bridgehead atoms. The Morgan fingerprint density at radius 1 is 1.36 bits per heavy atom. The molecule has 1 amide bonds. The van der Waals surface area contributed by atoms with Crippen LogP contribution in [0.2, 0.25) is 0 Å². The minimum atomic E-state index is -0.617. The van der Waals surface area contributed by atoms with E-state index in [-0.39, 0.29) is 0 Å². The van der Waals surface area contributed by atoms with E-state index in [1.807, 2.05) is 28.1 Å². The van der Waals surface area contributed by atoms with Crippen molar-refractivity contribution in [1.82, 2.24) is 29.5 Å². The van der Waals surface area contributed by atoms with Gasteiger partial charge in [-0.25, -0.2) is 9.97 Å². The predicted octanol–water partition coefficient (Wildman–Crippen LogP) is 2.33. The van der Waals surface area contributed by atoms with Crippen LogP contribution in [0, 0.1) is 0 Å². The lowest BCUT2D eigenvalue weighted by Gasteiger charge is -2.12. The van der Waals surface area contributed by atoms with Crippen molar-refractivity contribution in [2.75, 3.05) is 0 Å². The van der Waals surface area contributed by atoms with Gasteiger partial charge in [-0.3, -0.25) is 14.2 Å². The summed E-state index contributed by atoms with van der Waals surface area (Å²) in [6, 6.07) is 3.84. The Bertz CT molecular complexity index is 1140. The molecule has 140 valence electrons. The Hall–Kier alpha value is -3.20. The molecule has 28 heavy (non-hydrogen) atoms. The number of carbonyl (C=O) groups is 1. The van der Waals surface area contributed by atoms with Crippen LogP contribution in [0.4, 0.5) is 0 Å². The molecule has 0 saturated heterocycles. The number of pyridine rings is 1. The van der Waals surface area contributed by atoms with Crippen LogP contribution in [0.1, 0.15) is 41.9 Å². The van der Waals surface area contributed by atoms with Gasteiger partial charge in [0, 0.05) is 41.9 Å². The Morgan fingerprint density at radius 2 is 2.25 bits per heavy atom. The van der Waals surface area contributed by atoms with Gasteiger partial charge in [0.05, 0.1) is 22.6 Å². The Labute approximate surface area is 164 Å². The number of nitrogens with zero attached hydrogens (tertiary/aromatic N) is 6. The molecule has 5 rings (SSSR count). The molecule has 1 unspecified atom stereocenters. The molecule has 1 atom stereocenters. The largest absolute Gasteiger partial charge is 0.369 e. The summed E-state index contributed by atoms with van der Waals surface area (Å²) in [5, 5.41) is 10.6. The van der Waals surface area contributed by atoms with Gasteiger partial charge in [-0.05, 0) is 25.0 Å². The van der Waals surface area contributed by atoms with E-state index in [0.29, 0.717) is 23.8 Å².